The highest BCUT2D eigenvalue weighted by Gasteiger charge is 2.28. The molecule has 1 amide bonds. The van der Waals surface area contributed by atoms with Gasteiger partial charge in [-0.1, -0.05) is 11.3 Å². The molecule has 4 rings (SSSR count). The average molecular weight is 403 g/mol. The molecule has 28 heavy (non-hydrogen) atoms. The largest absolute Gasteiger partial charge is 0.355 e. The molecule has 0 saturated carbocycles. The molecule has 2 aliphatic rings. The standard InChI is InChI=1S/C20H30N6OS/c1-15-7-8-16(2)26(15)20-23-22-19(28-20)25-12-5-6-17(14-25)18(27)21-9-13-24-10-3-4-11-24/h7-8,17H,3-6,9-14H2,1-2H3,(H,21,27)/t17-/m1/s1. The molecule has 152 valence electrons. The fraction of sp³-hybridized carbons (Fsp3) is 0.650. The van der Waals surface area contributed by atoms with Crippen LogP contribution in [0.25, 0.3) is 5.13 Å². The number of rotatable bonds is 6. The zero-order valence-corrected chi connectivity index (χ0v) is 17.7. The van der Waals surface area contributed by atoms with E-state index >= 15 is 0 Å². The van der Waals surface area contributed by atoms with Gasteiger partial charge in [0.05, 0.1) is 5.92 Å². The Morgan fingerprint density at radius 1 is 1.11 bits per heavy atom. The molecule has 1 N–H and O–H groups in total. The number of aromatic nitrogens is 3. The number of hydrogen-bond acceptors (Lipinski definition) is 6. The topological polar surface area (TPSA) is 66.3 Å². The number of hydrogen-bond donors (Lipinski definition) is 1. The summed E-state index contributed by atoms with van der Waals surface area (Å²) in [7, 11) is 0. The van der Waals surface area contributed by atoms with Crippen molar-refractivity contribution in [3.8, 4) is 5.13 Å². The van der Waals surface area contributed by atoms with Gasteiger partial charge in [-0.2, -0.15) is 0 Å². The first-order chi connectivity index (χ1) is 13.6. The Morgan fingerprint density at radius 3 is 2.57 bits per heavy atom. The minimum absolute atomic E-state index is 0.0368. The van der Waals surface area contributed by atoms with E-state index in [-0.39, 0.29) is 11.8 Å². The van der Waals surface area contributed by atoms with Gasteiger partial charge in [0.25, 0.3) is 0 Å². The second kappa shape index (κ2) is 8.61. The summed E-state index contributed by atoms with van der Waals surface area (Å²) < 4.78 is 2.13. The second-order valence-electron chi connectivity index (χ2n) is 7.94. The first kappa shape index (κ1) is 19.4. The molecule has 1 atom stereocenters. The molecular formula is C20H30N6OS. The van der Waals surface area contributed by atoms with Crippen molar-refractivity contribution >= 4 is 22.4 Å². The van der Waals surface area contributed by atoms with E-state index in [0.717, 1.165) is 60.7 Å². The monoisotopic (exact) mass is 402 g/mol. The first-order valence-corrected chi connectivity index (χ1v) is 11.2. The lowest BCUT2D eigenvalue weighted by molar-refractivity contribution is -0.125. The van der Waals surface area contributed by atoms with Crippen molar-refractivity contribution in [1.82, 2.24) is 25.0 Å². The van der Waals surface area contributed by atoms with Crippen molar-refractivity contribution in [2.24, 2.45) is 5.92 Å². The Hall–Kier alpha value is -1.93. The predicted molar refractivity (Wildman–Crippen MR) is 112 cm³/mol. The van der Waals surface area contributed by atoms with Crippen molar-refractivity contribution in [2.75, 3.05) is 44.2 Å². The van der Waals surface area contributed by atoms with Crippen LogP contribution in [0.1, 0.15) is 37.1 Å². The summed E-state index contributed by atoms with van der Waals surface area (Å²) in [6, 6.07) is 4.19. The maximum atomic E-state index is 12.6. The van der Waals surface area contributed by atoms with E-state index in [0.29, 0.717) is 0 Å². The Labute approximate surface area is 170 Å². The van der Waals surface area contributed by atoms with E-state index in [1.54, 1.807) is 11.3 Å². The highest BCUT2D eigenvalue weighted by atomic mass is 32.1. The summed E-state index contributed by atoms with van der Waals surface area (Å²) in [6.45, 7) is 9.90. The van der Waals surface area contributed by atoms with Crippen molar-refractivity contribution in [1.29, 1.82) is 0 Å². The van der Waals surface area contributed by atoms with Gasteiger partial charge in [0.15, 0.2) is 0 Å². The third-order valence-electron chi connectivity index (χ3n) is 5.85. The Morgan fingerprint density at radius 2 is 1.82 bits per heavy atom. The van der Waals surface area contributed by atoms with E-state index in [4.69, 9.17) is 0 Å². The van der Waals surface area contributed by atoms with Gasteiger partial charge >= 0.3 is 0 Å². The van der Waals surface area contributed by atoms with Crippen LogP contribution in [0.15, 0.2) is 12.1 Å². The van der Waals surface area contributed by atoms with Gasteiger partial charge in [0, 0.05) is 37.6 Å². The summed E-state index contributed by atoms with van der Waals surface area (Å²) in [6.07, 6.45) is 4.54. The molecular weight excluding hydrogens is 372 g/mol. The van der Waals surface area contributed by atoms with Gasteiger partial charge in [0.1, 0.15) is 0 Å². The SMILES string of the molecule is Cc1ccc(C)n1-c1nnc(N2CCC[C@@H](C(=O)NCCN3CCCC3)C2)s1. The van der Waals surface area contributed by atoms with Crippen LogP contribution >= 0.6 is 11.3 Å². The summed E-state index contributed by atoms with van der Waals surface area (Å²) in [5.74, 6) is 0.223. The van der Waals surface area contributed by atoms with Gasteiger partial charge in [-0.05, 0) is 64.8 Å². The van der Waals surface area contributed by atoms with E-state index < -0.39 is 0 Å². The van der Waals surface area contributed by atoms with E-state index in [1.807, 2.05) is 0 Å². The second-order valence-corrected chi connectivity index (χ2v) is 8.88. The number of nitrogens with one attached hydrogen (secondary N) is 1. The lowest BCUT2D eigenvalue weighted by atomic mass is 9.97. The van der Waals surface area contributed by atoms with Crippen LogP contribution < -0.4 is 10.2 Å². The molecule has 0 aliphatic carbocycles. The normalized spacial score (nSPS) is 20.6. The quantitative estimate of drug-likeness (QED) is 0.804. The molecule has 0 spiro atoms. The summed E-state index contributed by atoms with van der Waals surface area (Å²) in [5, 5.41) is 13.8. The highest BCUT2D eigenvalue weighted by molar-refractivity contribution is 7.17. The van der Waals surface area contributed by atoms with Crippen LogP contribution in [-0.2, 0) is 4.79 Å². The molecule has 2 aromatic rings. The number of amides is 1. The van der Waals surface area contributed by atoms with Crippen LogP contribution in [-0.4, -0.2) is 64.8 Å². The maximum absolute atomic E-state index is 12.6. The lowest BCUT2D eigenvalue weighted by Crippen LogP contribution is -2.44. The maximum Gasteiger partial charge on any atom is 0.224 e. The minimum atomic E-state index is 0.0368. The summed E-state index contributed by atoms with van der Waals surface area (Å²) in [4.78, 5) is 17.3. The van der Waals surface area contributed by atoms with Gasteiger partial charge in [-0.25, -0.2) is 0 Å². The molecule has 0 unspecified atom stereocenters. The van der Waals surface area contributed by atoms with Gasteiger partial charge in [-0.15, -0.1) is 10.2 Å². The fourth-order valence-corrected chi connectivity index (χ4v) is 5.25. The number of nitrogens with zero attached hydrogens (tertiary/aromatic N) is 5. The number of piperidine rings is 1. The first-order valence-electron chi connectivity index (χ1n) is 10.4. The molecule has 0 radical (unpaired) electrons. The third kappa shape index (κ3) is 4.22. The Bertz CT molecular complexity index is 790. The molecule has 2 aromatic heterocycles. The number of carbonyl (C=O) groups is 1. The van der Waals surface area contributed by atoms with Crippen LogP contribution in [0, 0.1) is 19.8 Å². The van der Waals surface area contributed by atoms with Crippen LogP contribution in [0.4, 0.5) is 5.13 Å². The predicted octanol–water partition coefficient (Wildman–Crippen LogP) is 2.37. The Balaban J connectivity index is 1.34. The average Bonchev–Trinajstić information content (AvgIpc) is 3.44. The lowest BCUT2D eigenvalue weighted by Gasteiger charge is -2.31. The van der Waals surface area contributed by atoms with E-state index in [2.05, 4.69) is 55.9 Å². The van der Waals surface area contributed by atoms with Crippen LogP contribution in [0.3, 0.4) is 0 Å². The third-order valence-corrected chi connectivity index (χ3v) is 6.82. The van der Waals surface area contributed by atoms with Crippen LogP contribution in [0.5, 0.6) is 0 Å². The summed E-state index contributed by atoms with van der Waals surface area (Å²) >= 11 is 1.60. The van der Waals surface area contributed by atoms with Crippen molar-refractivity contribution in [2.45, 2.75) is 39.5 Å². The number of aryl methyl sites for hydroxylation is 2. The molecule has 2 fully saturated rings. The molecule has 0 aromatic carbocycles. The molecule has 2 saturated heterocycles. The molecule has 7 nitrogen and oxygen atoms in total. The van der Waals surface area contributed by atoms with Gasteiger partial charge in [0.2, 0.25) is 16.2 Å². The zero-order valence-electron chi connectivity index (χ0n) is 16.9. The molecule has 4 heterocycles. The van der Waals surface area contributed by atoms with E-state index in [9.17, 15) is 4.79 Å². The zero-order chi connectivity index (χ0) is 19.5. The Kier molecular flexibility index (Phi) is 5.96. The number of likely N-dealkylation sites (tertiary alicyclic amines) is 1. The smallest absolute Gasteiger partial charge is 0.224 e. The van der Waals surface area contributed by atoms with Crippen molar-refractivity contribution in [3.63, 3.8) is 0 Å². The number of anilines is 1. The van der Waals surface area contributed by atoms with Crippen molar-refractivity contribution in [3.05, 3.63) is 23.5 Å². The molecule has 2 aliphatic heterocycles. The van der Waals surface area contributed by atoms with Gasteiger partial charge < -0.3 is 15.1 Å². The van der Waals surface area contributed by atoms with Gasteiger partial charge in [-0.3, -0.25) is 9.36 Å². The van der Waals surface area contributed by atoms with E-state index in [1.165, 1.54) is 25.9 Å². The summed E-state index contributed by atoms with van der Waals surface area (Å²) in [5.41, 5.74) is 2.32. The highest BCUT2D eigenvalue weighted by Crippen LogP contribution is 2.29. The van der Waals surface area contributed by atoms with Crippen molar-refractivity contribution < 1.29 is 4.79 Å². The molecule has 0 bridgehead atoms. The number of carbonyl (C=O) groups excluding carboxylic acids is 1. The minimum Gasteiger partial charge on any atom is -0.355 e. The van der Waals surface area contributed by atoms with Crippen LogP contribution in [0.2, 0.25) is 0 Å². The molecule has 8 heteroatoms. The fourth-order valence-electron chi connectivity index (χ4n) is 4.25.